The molecule has 4 heteroatoms. The van der Waals surface area contributed by atoms with E-state index in [0.29, 0.717) is 12.2 Å². The molecule has 0 radical (unpaired) electrons. The van der Waals surface area contributed by atoms with Gasteiger partial charge in [0.15, 0.2) is 0 Å². The van der Waals surface area contributed by atoms with Crippen molar-refractivity contribution in [3.63, 3.8) is 0 Å². The van der Waals surface area contributed by atoms with Crippen LogP contribution < -0.4 is 0 Å². The van der Waals surface area contributed by atoms with Gasteiger partial charge in [0.25, 0.3) is 5.79 Å². The Balaban J connectivity index is 2.81. The maximum absolute atomic E-state index is 10.5. The Morgan fingerprint density at radius 3 is 2.50 bits per heavy atom. The van der Waals surface area contributed by atoms with Gasteiger partial charge in [-0.2, -0.15) is 0 Å². The first-order valence-electron chi connectivity index (χ1n) is 2.95. The summed E-state index contributed by atoms with van der Waals surface area (Å²) in [5.41, 5.74) is 0. The van der Waals surface area contributed by atoms with Crippen molar-refractivity contribution in [2.45, 2.75) is 19.1 Å². The molecule has 1 rings (SSSR count). The van der Waals surface area contributed by atoms with E-state index >= 15 is 0 Å². The van der Waals surface area contributed by atoms with Gasteiger partial charge in [0.2, 0.25) is 0 Å². The minimum Gasteiger partial charge on any atom is -0.427 e. The zero-order chi connectivity index (χ0) is 7.78. The van der Waals surface area contributed by atoms with Gasteiger partial charge in [0.1, 0.15) is 5.76 Å². The lowest BCUT2D eigenvalue weighted by molar-refractivity contribution is -0.181. The van der Waals surface area contributed by atoms with Gasteiger partial charge >= 0.3 is 5.97 Å². The number of allylic oxidation sites excluding steroid dienone is 1. The van der Waals surface area contributed by atoms with E-state index in [1.165, 1.54) is 0 Å². The SMILES string of the molecule is CCC1=CC(O)(O)C(=O)O1. The van der Waals surface area contributed by atoms with E-state index in [1.807, 2.05) is 0 Å². The molecule has 0 aromatic heterocycles. The molecular weight excluding hydrogens is 136 g/mol. The lowest BCUT2D eigenvalue weighted by atomic mass is 10.2. The van der Waals surface area contributed by atoms with Gasteiger partial charge in [0, 0.05) is 12.5 Å². The van der Waals surface area contributed by atoms with Crippen LogP contribution in [0.1, 0.15) is 13.3 Å². The molecule has 0 saturated heterocycles. The average molecular weight is 144 g/mol. The topological polar surface area (TPSA) is 66.8 Å². The third kappa shape index (κ3) is 1.03. The Morgan fingerprint density at radius 1 is 1.70 bits per heavy atom. The summed E-state index contributed by atoms with van der Waals surface area (Å²) < 4.78 is 4.45. The third-order valence-corrected chi connectivity index (χ3v) is 1.23. The van der Waals surface area contributed by atoms with Gasteiger partial charge in [0.05, 0.1) is 0 Å². The van der Waals surface area contributed by atoms with Crippen LogP contribution in [0.2, 0.25) is 0 Å². The Hall–Kier alpha value is -0.870. The second-order valence-corrected chi connectivity index (χ2v) is 2.08. The fourth-order valence-corrected chi connectivity index (χ4v) is 0.681. The second kappa shape index (κ2) is 2.07. The summed E-state index contributed by atoms with van der Waals surface area (Å²) in [6, 6.07) is 0. The Labute approximate surface area is 57.7 Å². The molecule has 10 heavy (non-hydrogen) atoms. The maximum Gasteiger partial charge on any atom is 0.376 e. The number of carbonyl (C=O) groups is 1. The molecule has 0 saturated carbocycles. The van der Waals surface area contributed by atoms with E-state index < -0.39 is 11.8 Å². The molecule has 4 nitrogen and oxygen atoms in total. The van der Waals surface area contributed by atoms with E-state index in [9.17, 15) is 4.79 Å². The number of esters is 1. The first kappa shape index (κ1) is 7.24. The van der Waals surface area contributed by atoms with Gasteiger partial charge in [-0.3, -0.25) is 0 Å². The molecule has 1 aliphatic rings. The van der Waals surface area contributed by atoms with Gasteiger partial charge in [-0.15, -0.1) is 0 Å². The highest BCUT2D eigenvalue weighted by molar-refractivity contribution is 5.83. The third-order valence-electron chi connectivity index (χ3n) is 1.23. The van der Waals surface area contributed by atoms with E-state index in [0.717, 1.165) is 6.08 Å². The Bertz CT molecular complexity index is 192. The zero-order valence-corrected chi connectivity index (χ0v) is 5.50. The molecular formula is C6H8O4. The first-order chi connectivity index (χ1) is 4.56. The van der Waals surface area contributed by atoms with Crippen molar-refractivity contribution in [2.75, 3.05) is 0 Å². The molecule has 56 valence electrons. The number of ether oxygens (including phenoxy) is 1. The number of carbonyl (C=O) groups excluding carboxylic acids is 1. The predicted molar refractivity (Wildman–Crippen MR) is 31.6 cm³/mol. The molecule has 0 unspecified atom stereocenters. The molecule has 0 fully saturated rings. The normalized spacial score (nSPS) is 22.3. The largest absolute Gasteiger partial charge is 0.427 e. The molecule has 0 amide bonds. The van der Waals surface area contributed by atoms with Gasteiger partial charge in [-0.25, -0.2) is 4.79 Å². The van der Waals surface area contributed by atoms with Crippen LogP contribution in [0, 0.1) is 0 Å². The highest BCUT2D eigenvalue weighted by Crippen LogP contribution is 2.20. The summed E-state index contributed by atoms with van der Waals surface area (Å²) in [6.07, 6.45) is 1.48. The van der Waals surface area contributed by atoms with Crippen molar-refractivity contribution in [3.8, 4) is 0 Å². The number of aliphatic hydroxyl groups is 2. The monoisotopic (exact) mass is 144 g/mol. The van der Waals surface area contributed by atoms with Crippen LogP contribution in [-0.4, -0.2) is 22.0 Å². The first-order valence-corrected chi connectivity index (χ1v) is 2.95. The van der Waals surface area contributed by atoms with E-state index in [4.69, 9.17) is 10.2 Å². The summed E-state index contributed by atoms with van der Waals surface area (Å²) in [7, 11) is 0. The Morgan fingerprint density at radius 2 is 2.30 bits per heavy atom. The van der Waals surface area contributed by atoms with Crippen molar-refractivity contribution in [2.24, 2.45) is 0 Å². The smallest absolute Gasteiger partial charge is 0.376 e. The predicted octanol–water partition coefficient (Wildman–Crippen LogP) is -0.482. The summed E-state index contributed by atoms with van der Waals surface area (Å²) >= 11 is 0. The zero-order valence-electron chi connectivity index (χ0n) is 5.50. The van der Waals surface area contributed by atoms with Crippen LogP contribution in [0.4, 0.5) is 0 Å². The van der Waals surface area contributed by atoms with Crippen LogP contribution in [-0.2, 0) is 9.53 Å². The minimum atomic E-state index is -2.40. The molecule has 0 bridgehead atoms. The molecule has 2 N–H and O–H groups in total. The number of hydrogen-bond acceptors (Lipinski definition) is 4. The summed E-state index contributed by atoms with van der Waals surface area (Å²) in [4.78, 5) is 10.5. The second-order valence-electron chi connectivity index (χ2n) is 2.08. The molecule has 0 aromatic rings. The Kier molecular flexibility index (Phi) is 1.50. The highest BCUT2D eigenvalue weighted by Gasteiger charge is 2.39. The summed E-state index contributed by atoms with van der Waals surface area (Å²) in [6.45, 7) is 1.75. The standard InChI is InChI=1S/C6H8O4/c1-2-4-3-6(8,9)5(7)10-4/h3,8-9H,2H2,1H3. The summed E-state index contributed by atoms with van der Waals surface area (Å²) in [5, 5.41) is 17.5. The van der Waals surface area contributed by atoms with E-state index in [2.05, 4.69) is 4.74 Å². The van der Waals surface area contributed by atoms with Crippen molar-refractivity contribution in [1.82, 2.24) is 0 Å². The lowest BCUT2D eigenvalue weighted by Gasteiger charge is -2.04. The number of hydrogen-bond donors (Lipinski definition) is 2. The van der Waals surface area contributed by atoms with Crippen LogP contribution in [0.25, 0.3) is 0 Å². The summed E-state index contributed by atoms with van der Waals surface area (Å²) in [5.74, 6) is -3.12. The quantitative estimate of drug-likeness (QED) is 0.385. The van der Waals surface area contributed by atoms with Crippen molar-refractivity contribution >= 4 is 5.97 Å². The van der Waals surface area contributed by atoms with Gasteiger partial charge in [-0.1, -0.05) is 6.92 Å². The molecule has 0 spiro atoms. The highest BCUT2D eigenvalue weighted by atomic mass is 16.6. The molecule has 0 aliphatic carbocycles. The van der Waals surface area contributed by atoms with Crippen LogP contribution in [0.3, 0.4) is 0 Å². The molecule has 1 heterocycles. The molecule has 1 aliphatic heterocycles. The number of cyclic esters (lactones) is 1. The van der Waals surface area contributed by atoms with Crippen molar-refractivity contribution < 1.29 is 19.7 Å². The maximum atomic E-state index is 10.5. The van der Waals surface area contributed by atoms with Crippen LogP contribution >= 0.6 is 0 Å². The average Bonchev–Trinajstić information content (AvgIpc) is 2.08. The van der Waals surface area contributed by atoms with Gasteiger partial charge < -0.3 is 14.9 Å². The minimum absolute atomic E-state index is 0.301. The number of rotatable bonds is 1. The van der Waals surface area contributed by atoms with E-state index in [1.54, 1.807) is 6.92 Å². The van der Waals surface area contributed by atoms with Crippen molar-refractivity contribution in [1.29, 1.82) is 0 Å². The van der Waals surface area contributed by atoms with Gasteiger partial charge in [-0.05, 0) is 0 Å². The fourth-order valence-electron chi connectivity index (χ4n) is 0.681. The van der Waals surface area contributed by atoms with Crippen molar-refractivity contribution in [3.05, 3.63) is 11.8 Å². The molecule has 0 aromatic carbocycles. The fraction of sp³-hybridized carbons (Fsp3) is 0.500. The lowest BCUT2D eigenvalue weighted by Crippen LogP contribution is -2.32. The van der Waals surface area contributed by atoms with Crippen LogP contribution in [0.15, 0.2) is 11.8 Å². The van der Waals surface area contributed by atoms with Crippen LogP contribution in [0.5, 0.6) is 0 Å². The molecule has 0 atom stereocenters. The van der Waals surface area contributed by atoms with E-state index in [-0.39, 0.29) is 0 Å².